The van der Waals surface area contributed by atoms with Crippen LogP contribution in [0, 0.1) is 0 Å². The first-order valence-corrected chi connectivity index (χ1v) is 25.8. The summed E-state index contributed by atoms with van der Waals surface area (Å²) in [5.41, 5.74) is 0. The third kappa shape index (κ3) is 43.7. The second-order valence-electron chi connectivity index (χ2n) is 17.2. The van der Waals surface area contributed by atoms with Gasteiger partial charge in [-0.3, -0.25) is 9.59 Å². The zero-order chi connectivity index (χ0) is 45.2. The lowest BCUT2D eigenvalue weighted by Crippen LogP contribution is -2.46. The van der Waals surface area contributed by atoms with Crippen LogP contribution in [-0.2, 0) is 14.3 Å². The second kappa shape index (κ2) is 49.1. The van der Waals surface area contributed by atoms with Crippen LogP contribution in [0.2, 0.25) is 0 Å². The van der Waals surface area contributed by atoms with E-state index >= 15 is 0 Å². The largest absolute Gasteiger partial charge is 0.461 e. The Balaban J connectivity index is 4.75. The molecule has 0 aromatic carbocycles. The van der Waals surface area contributed by atoms with Gasteiger partial charge >= 0.3 is 5.97 Å². The van der Waals surface area contributed by atoms with Gasteiger partial charge in [0.1, 0.15) is 6.10 Å². The molecule has 62 heavy (non-hydrogen) atoms. The van der Waals surface area contributed by atoms with Crippen LogP contribution in [0.3, 0.4) is 0 Å². The van der Waals surface area contributed by atoms with E-state index in [4.69, 9.17) is 4.74 Å². The molecule has 3 atom stereocenters. The van der Waals surface area contributed by atoms with Crippen LogP contribution in [0.4, 0.5) is 0 Å². The summed E-state index contributed by atoms with van der Waals surface area (Å²) in [4.78, 5) is 26.1. The molecule has 0 heterocycles. The van der Waals surface area contributed by atoms with Crippen molar-refractivity contribution in [2.45, 2.75) is 251 Å². The summed E-state index contributed by atoms with van der Waals surface area (Å²) in [6.07, 6.45) is 63.7. The van der Waals surface area contributed by atoms with Gasteiger partial charge in [-0.25, -0.2) is 0 Å². The maximum atomic E-state index is 13.2. The molecule has 3 N–H and O–H groups in total. The molecule has 3 unspecified atom stereocenters. The fourth-order valence-corrected chi connectivity index (χ4v) is 7.31. The number of carbonyl (C=O) groups excluding carboxylic acids is 2. The van der Waals surface area contributed by atoms with Crippen molar-refractivity contribution in [2.24, 2.45) is 0 Å². The second-order valence-corrected chi connectivity index (χ2v) is 17.2. The van der Waals surface area contributed by atoms with Gasteiger partial charge in [0, 0.05) is 12.8 Å². The van der Waals surface area contributed by atoms with Gasteiger partial charge in [0.2, 0.25) is 5.91 Å². The third-order valence-electron chi connectivity index (χ3n) is 11.2. The zero-order valence-electron chi connectivity index (χ0n) is 40.5. The Morgan fingerprint density at radius 3 is 1.40 bits per heavy atom. The number of carbonyl (C=O) groups is 2. The van der Waals surface area contributed by atoms with Crippen molar-refractivity contribution in [1.82, 2.24) is 5.32 Å². The first kappa shape index (κ1) is 59.0. The van der Waals surface area contributed by atoms with E-state index in [2.05, 4.69) is 99.0 Å². The van der Waals surface area contributed by atoms with E-state index in [0.29, 0.717) is 19.3 Å². The van der Waals surface area contributed by atoms with Crippen molar-refractivity contribution in [3.8, 4) is 0 Å². The molecule has 0 aliphatic carbocycles. The standard InChI is InChI=1S/C56H97NO5/c1-4-7-10-13-16-19-22-25-28-29-32-35-38-41-44-47-52(62-56(61)49-46-43-40-37-34-31-27-24-21-18-15-12-9-6-3)50-55(60)57-53(51-58)54(59)48-45-42-39-36-33-30-26-23-20-17-14-11-8-5-2/h9,12,16,18-19,21,25,27-28,31-32,35,41,44,52-54,58-59H,4-8,10-11,13-15,17,20,22-24,26,29-30,33-34,36-40,42-43,45-51H2,1-3H3,(H,57,60)/b12-9+,19-16-,21-18+,28-25-,31-27+,35-32-,44-41-. The zero-order valence-corrected chi connectivity index (χ0v) is 40.5. The van der Waals surface area contributed by atoms with Gasteiger partial charge in [-0.1, -0.05) is 221 Å². The van der Waals surface area contributed by atoms with E-state index in [1.54, 1.807) is 0 Å². The lowest BCUT2D eigenvalue weighted by Gasteiger charge is -2.24. The topological polar surface area (TPSA) is 95.9 Å². The minimum atomic E-state index is -0.818. The number of allylic oxidation sites excluding steroid dienone is 13. The van der Waals surface area contributed by atoms with Crippen molar-refractivity contribution in [2.75, 3.05) is 6.61 Å². The van der Waals surface area contributed by atoms with Gasteiger partial charge in [-0.15, -0.1) is 0 Å². The molecule has 0 radical (unpaired) electrons. The maximum Gasteiger partial charge on any atom is 0.306 e. The molecule has 0 spiro atoms. The molecular formula is C56H97NO5. The summed E-state index contributed by atoms with van der Waals surface area (Å²) < 4.78 is 5.86. The Hall–Kier alpha value is -2.96. The number of esters is 1. The molecule has 0 aromatic heterocycles. The summed E-state index contributed by atoms with van der Waals surface area (Å²) in [6, 6.07) is -0.739. The van der Waals surface area contributed by atoms with E-state index in [1.807, 2.05) is 12.2 Å². The van der Waals surface area contributed by atoms with Crippen LogP contribution in [-0.4, -0.2) is 46.9 Å². The van der Waals surface area contributed by atoms with E-state index in [1.165, 1.54) is 96.3 Å². The minimum Gasteiger partial charge on any atom is -0.461 e. The fraction of sp³-hybridized carbons (Fsp3) is 0.714. The summed E-state index contributed by atoms with van der Waals surface area (Å²) in [5.74, 6) is -0.606. The third-order valence-corrected chi connectivity index (χ3v) is 11.2. The minimum absolute atomic E-state index is 0.0111. The Morgan fingerprint density at radius 2 is 0.903 bits per heavy atom. The van der Waals surface area contributed by atoms with Crippen molar-refractivity contribution in [1.29, 1.82) is 0 Å². The normalized spacial score (nSPS) is 14.0. The van der Waals surface area contributed by atoms with Crippen LogP contribution < -0.4 is 5.32 Å². The van der Waals surface area contributed by atoms with E-state index in [9.17, 15) is 19.8 Å². The van der Waals surface area contributed by atoms with Crippen LogP contribution in [0.15, 0.2) is 85.1 Å². The van der Waals surface area contributed by atoms with Gasteiger partial charge in [0.25, 0.3) is 0 Å². The molecule has 0 rings (SSSR count). The molecule has 6 nitrogen and oxygen atoms in total. The Labute approximate surface area is 383 Å². The number of ether oxygens (including phenoxy) is 1. The number of aliphatic hydroxyl groups excluding tert-OH is 2. The summed E-state index contributed by atoms with van der Waals surface area (Å²) in [7, 11) is 0. The van der Waals surface area contributed by atoms with Crippen molar-refractivity contribution < 1.29 is 24.5 Å². The monoisotopic (exact) mass is 864 g/mol. The fourth-order valence-electron chi connectivity index (χ4n) is 7.31. The van der Waals surface area contributed by atoms with E-state index in [0.717, 1.165) is 89.9 Å². The van der Waals surface area contributed by atoms with Crippen molar-refractivity contribution in [3.63, 3.8) is 0 Å². The number of amides is 1. The molecular weight excluding hydrogens is 767 g/mol. The summed E-state index contributed by atoms with van der Waals surface area (Å²) >= 11 is 0. The highest BCUT2D eigenvalue weighted by Gasteiger charge is 2.23. The first-order chi connectivity index (χ1) is 30.5. The summed E-state index contributed by atoms with van der Waals surface area (Å²) in [5, 5.41) is 23.7. The smallest absolute Gasteiger partial charge is 0.306 e. The molecule has 0 aromatic rings. The number of hydrogen-bond acceptors (Lipinski definition) is 5. The van der Waals surface area contributed by atoms with E-state index < -0.39 is 18.2 Å². The maximum absolute atomic E-state index is 13.2. The van der Waals surface area contributed by atoms with Crippen LogP contribution in [0.5, 0.6) is 0 Å². The average molecular weight is 864 g/mol. The molecule has 6 heteroatoms. The van der Waals surface area contributed by atoms with Gasteiger partial charge in [-0.2, -0.15) is 0 Å². The highest BCUT2D eigenvalue weighted by atomic mass is 16.5. The Bertz CT molecular complexity index is 1200. The quantitative estimate of drug-likeness (QED) is 0.0322. The highest BCUT2D eigenvalue weighted by Crippen LogP contribution is 2.16. The van der Waals surface area contributed by atoms with Crippen LogP contribution in [0.25, 0.3) is 0 Å². The molecule has 0 saturated heterocycles. The van der Waals surface area contributed by atoms with Crippen molar-refractivity contribution >= 4 is 11.9 Å². The number of unbranched alkanes of at least 4 members (excludes halogenated alkanes) is 20. The molecule has 0 saturated carbocycles. The predicted octanol–water partition coefficient (Wildman–Crippen LogP) is 15.6. The van der Waals surface area contributed by atoms with Gasteiger partial charge in [-0.05, 0) is 77.0 Å². The molecule has 1 amide bonds. The van der Waals surface area contributed by atoms with Gasteiger partial charge < -0.3 is 20.3 Å². The average Bonchev–Trinajstić information content (AvgIpc) is 3.26. The van der Waals surface area contributed by atoms with Crippen LogP contribution >= 0.6 is 0 Å². The first-order valence-electron chi connectivity index (χ1n) is 25.8. The van der Waals surface area contributed by atoms with Gasteiger partial charge in [0.15, 0.2) is 0 Å². The Morgan fingerprint density at radius 1 is 0.500 bits per heavy atom. The van der Waals surface area contributed by atoms with E-state index in [-0.39, 0.29) is 24.9 Å². The number of rotatable bonds is 45. The highest BCUT2D eigenvalue weighted by molar-refractivity contribution is 5.77. The SMILES string of the molecule is CC/C=C/C/C=C/C/C=C/CCCCCCC(=O)OC(C/C=C\C/C=C\C/C=C\C/C=C\CCCCC)CC(=O)NC(CO)C(O)CCCCCCCCCCCCCCCC. The molecule has 356 valence electrons. The van der Waals surface area contributed by atoms with Crippen molar-refractivity contribution in [3.05, 3.63) is 85.1 Å². The number of nitrogens with one attached hydrogen (secondary N) is 1. The number of hydrogen-bond donors (Lipinski definition) is 3. The molecule has 0 bridgehead atoms. The number of aliphatic hydroxyl groups is 2. The predicted molar refractivity (Wildman–Crippen MR) is 268 cm³/mol. The molecule has 0 aliphatic heterocycles. The van der Waals surface area contributed by atoms with Crippen LogP contribution in [0.1, 0.15) is 233 Å². The molecule has 0 fully saturated rings. The van der Waals surface area contributed by atoms with Gasteiger partial charge in [0.05, 0.1) is 25.2 Å². The lowest BCUT2D eigenvalue weighted by atomic mass is 10.0. The lowest BCUT2D eigenvalue weighted by molar-refractivity contribution is -0.150. The molecule has 0 aliphatic rings. The summed E-state index contributed by atoms with van der Waals surface area (Å²) in [6.45, 7) is 6.31. The Kier molecular flexibility index (Phi) is 46.7.